The largest absolute Gasteiger partial charge is 0.383 e. The predicted octanol–water partition coefficient (Wildman–Crippen LogP) is 0.913. The van der Waals surface area contributed by atoms with Gasteiger partial charge in [0, 0.05) is 20.2 Å². The molecule has 0 saturated heterocycles. The van der Waals surface area contributed by atoms with Gasteiger partial charge >= 0.3 is 0 Å². The van der Waals surface area contributed by atoms with E-state index in [1.165, 1.54) is 0 Å². The molecule has 1 unspecified atom stereocenters. The van der Waals surface area contributed by atoms with Gasteiger partial charge < -0.3 is 15.8 Å². The molecule has 3 N–H and O–H groups in total. The van der Waals surface area contributed by atoms with Crippen molar-refractivity contribution in [1.82, 2.24) is 5.32 Å². The van der Waals surface area contributed by atoms with Gasteiger partial charge in [-0.05, 0) is 5.56 Å². The molecule has 0 spiro atoms. The minimum Gasteiger partial charge on any atom is -0.383 e. The number of benzene rings is 1. The Hall–Kier alpha value is -1.10. The molecule has 0 heterocycles. The number of rotatable bonds is 6. The van der Waals surface area contributed by atoms with E-state index < -0.39 is 0 Å². The number of carbonyl (C=O) groups is 1. The van der Waals surface area contributed by atoms with Gasteiger partial charge in [-0.1, -0.05) is 30.3 Å². The highest BCUT2D eigenvalue weighted by atomic mass is 35.5. The summed E-state index contributed by atoms with van der Waals surface area (Å²) in [4.78, 5) is 11.8. The SMILES string of the molecule is COCCNC(=O)C(CN)c1ccccc1.Cl. The Morgan fingerprint density at radius 3 is 2.59 bits per heavy atom. The van der Waals surface area contributed by atoms with E-state index in [-0.39, 0.29) is 24.2 Å². The van der Waals surface area contributed by atoms with Gasteiger partial charge in [0.15, 0.2) is 0 Å². The van der Waals surface area contributed by atoms with Crippen LogP contribution in [0, 0.1) is 0 Å². The lowest BCUT2D eigenvalue weighted by Gasteiger charge is -2.14. The van der Waals surface area contributed by atoms with Gasteiger partial charge in [0.1, 0.15) is 0 Å². The van der Waals surface area contributed by atoms with Crippen molar-refractivity contribution in [3.05, 3.63) is 35.9 Å². The number of halogens is 1. The second kappa shape index (κ2) is 8.98. The van der Waals surface area contributed by atoms with Crippen LogP contribution in [0.5, 0.6) is 0 Å². The lowest BCUT2D eigenvalue weighted by atomic mass is 9.98. The first-order valence-corrected chi connectivity index (χ1v) is 5.31. The van der Waals surface area contributed by atoms with E-state index in [4.69, 9.17) is 10.5 Å². The number of hydrogen-bond acceptors (Lipinski definition) is 3. The molecule has 1 amide bonds. The standard InChI is InChI=1S/C12H18N2O2.ClH/c1-16-8-7-14-12(15)11(9-13)10-5-3-2-4-6-10;/h2-6,11H,7-9,13H2,1H3,(H,14,15);1H. The summed E-state index contributed by atoms with van der Waals surface area (Å²) in [7, 11) is 1.60. The van der Waals surface area contributed by atoms with E-state index in [9.17, 15) is 4.79 Å². The van der Waals surface area contributed by atoms with Crippen LogP contribution in [0.25, 0.3) is 0 Å². The summed E-state index contributed by atoms with van der Waals surface area (Å²) in [5.74, 6) is -0.330. The van der Waals surface area contributed by atoms with Gasteiger partial charge in [-0.3, -0.25) is 4.79 Å². The maximum absolute atomic E-state index is 11.8. The molecule has 17 heavy (non-hydrogen) atoms. The summed E-state index contributed by atoms with van der Waals surface area (Å²) in [6, 6.07) is 9.54. The zero-order chi connectivity index (χ0) is 11.8. The van der Waals surface area contributed by atoms with Gasteiger partial charge in [0.2, 0.25) is 5.91 Å². The van der Waals surface area contributed by atoms with Crippen molar-refractivity contribution < 1.29 is 9.53 Å². The molecule has 1 aromatic rings. The van der Waals surface area contributed by atoms with Crippen LogP contribution in [0.15, 0.2) is 30.3 Å². The molecule has 5 heteroatoms. The highest BCUT2D eigenvalue weighted by Crippen LogP contribution is 2.13. The molecule has 96 valence electrons. The number of hydrogen-bond donors (Lipinski definition) is 2. The third-order valence-electron chi connectivity index (χ3n) is 2.36. The molecule has 0 saturated carbocycles. The van der Waals surface area contributed by atoms with Crippen molar-refractivity contribution in [3.8, 4) is 0 Å². The summed E-state index contributed by atoms with van der Waals surface area (Å²) in [5.41, 5.74) is 6.56. The summed E-state index contributed by atoms with van der Waals surface area (Å²) >= 11 is 0. The average molecular weight is 259 g/mol. The maximum atomic E-state index is 11.8. The highest BCUT2D eigenvalue weighted by Gasteiger charge is 2.17. The van der Waals surface area contributed by atoms with Gasteiger partial charge in [0.05, 0.1) is 12.5 Å². The Bertz CT molecular complexity index is 320. The van der Waals surface area contributed by atoms with E-state index in [1.54, 1.807) is 7.11 Å². The van der Waals surface area contributed by atoms with E-state index in [1.807, 2.05) is 30.3 Å². The Morgan fingerprint density at radius 2 is 2.06 bits per heavy atom. The van der Waals surface area contributed by atoms with E-state index in [0.29, 0.717) is 19.7 Å². The molecule has 0 radical (unpaired) electrons. The normalized spacial score (nSPS) is 11.4. The van der Waals surface area contributed by atoms with Crippen LogP contribution in [0.3, 0.4) is 0 Å². The second-order valence-electron chi connectivity index (χ2n) is 3.48. The number of ether oxygens (including phenoxy) is 1. The average Bonchev–Trinajstić information content (AvgIpc) is 2.32. The Balaban J connectivity index is 0.00000256. The first-order chi connectivity index (χ1) is 7.79. The third-order valence-corrected chi connectivity index (χ3v) is 2.36. The molecule has 1 rings (SSSR count). The molecular formula is C12H19ClN2O2. The lowest BCUT2D eigenvalue weighted by Crippen LogP contribution is -2.35. The van der Waals surface area contributed by atoms with Crippen LogP contribution in [-0.2, 0) is 9.53 Å². The zero-order valence-electron chi connectivity index (χ0n) is 9.89. The quantitative estimate of drug-likeness (QED) is 0.746. The number of carbonyl (C=O) groups excluding carboxylic acids is 1. The fourth-order valence-electron chi connectivity index (χ4n) is 1.48. The summed E-state index contributed by atoms with van der Waals surface area (Å²) < 4.78 is 4.87. The monoisotopic (exact) mass is 258 g/mol. The minimum atomic E-state index is -0.280. The molecule has 0 fully saturated rings. The van der Waals surface area contributed by atoms with E-state index >= 15 is 0 Å². The van der Waals surface area contributed by atoms with Crippen LogP contribution < -0.4 is 11.1 Å². The summed E-state index contributed by atoms with van der Waals surface area (Å²) in [6.07, 6.45) is 0. The van der Waals surface area contributed by atoms with Crippen molar-refractivity contribution in [3.63, 3.8) is 0 Å². The third kappa shape index (κ3) is 5.17. The van der Waals surface area contributed by atoms with Crippen molar-refractivity contribution in [1.29, 1.82) is 0 Å². The molecule has 0 aliphatic heterocycles. The van der Waals surface area contributed by atoms with Crippen LogP contribution in [0.1, 0.15) is 11.5 Å². The number of methoxy groups -OCH3 is 1. The van der Waals surface area contributed by atoms with Crippen molar-refractivity contribution in [2.75, 3.05) is 26.8 Å². The van der Waals surface area contributed by atoms with Crippen molar-refractivity contribution >= 4 is 18.3 Å². The Morgan fingerprint density at radius 1 is 1.41 bits per heavy atom. The Labute approximate surface area is 108 Å². The summed E-state index contributed by atoms with van der Waals surface area (Å²) in [5, 5.41) is 2.79. The first-order valence-electron chi connectivity index (χ1n) is 5.31. The van der Waals surface area contributed by atoms with Crippen LogP contribution in [0.2, 0.25) is 0 Å². The molecule has 0 aromatic heterocycles. The van der Waals surface area contributed by atoms with Crippen molar-refractivity contribution in [2.45, 2.75) is 5.92 Å². The topological polar surface area (TPSA) is 64.3 Å². The van der Waals surface area contributed by atoms with Crippen molar-refractivity contribution in [2.24, 2.45) is 5.73 Å². The van der Waals surface area contributed by atoms with Gasteiger partial charge in [-0.25, -0.2) is 0 Å². The zero-order valence-corrected chi connectivity index (χ0v) is 10.7. The second-order valence-corrected chi connectivity index (χ2v) is 3.48. The maximum Gasteiger partial charge on any atom is 0.228 e. The lowest BCUT2D eigenvalue weighted by molar-refractivity contribution is -0.122. The van der Waals surface area contributed by atoms with Crippen LogP contribution in [-0.4, -0.2) is 32.7 Å². The fourth-order valence-corrected chi connectivity index (χ4v) is 1.48. The molecular weight excluding hydrogens is 240 g/mol. The van der Waals surface area contributed by atoms with Crippen LogP contribution in [0.4, 0.5) is 0 Å². The molecule has 4 nitrogen and oxygen atoms in total. The fraction of sp³-hybridized carbons (Fsp3) is 0.417. The molecule has 1 aromatic carbocycles. The van der Waals surface area contributed by atoms with Crippen LogP contribution >= 0.6 is 12.4 Å². The molecule has 1 atom stereocenters. The molecule has 0 bridgehead atoms. The predicted molar refractivity (Wildman–Crippen MR) is 70.4 cm³/mol. The molecule has 0 aliphatic carbocycles. The number of nitrogens with one attached hydrogen (secondary N) is 1. The first kappa shape index (κ1) is 15.9. The number of amides is 1. The number of nitrogens with two attached hydrogens (primary N) is 1. The smallest absolute Gasteiger partial charge is 0.228 e. The highest BCUT2D eigenvalue weighted by molar-refractivity contribution is 5.85. The van der Waals surface area contributed by atoms with Gasteiger partial charge in [-0.2, -0.15) is 0 Å². The van der Waals surface area contributed by atoms with E-state index in [2.05, 4.69) is 5.32 Å². The Kier molecular flexibility index (Phi) is 8.40. The van der Waals surface area contributed by atoms with Gasteiger partial charge in [-0.15, -0.1) is 12.4 Å². The van der Waals surface area contributed by atoms with Gasteiger partial charge in [0.25, 0.3) is 0 Å². The summed E-state index contributed by atoms with van der Waals surface area (Å²) in [6.45, 7) is 1.33. The minimum absolute atomic E-state index is 0. The van der Waals surface area contributed by atoms with E-state index in [0.717, 1.165) is 5.56 Å². The molecule has 0 aliphatic rings.